The van der Waals surface area contributed by atoms with E-state index in [0.29, 0.717) is 0 Å². The Morgan fingerprint density at radius 2 is 1.70 bits per heavy atom. The number of rotatable bonds is 7. The zero-order valence-electron chi connectivity index (χ0n) is 12.1. The summed E-state index contributed by atoms with van der Waals surface area (Å²) in [7, 11) is -4.12. The van der Waals surface area contributed by atoms with Gasteiger partial charge in [-0.2, -0.15) is 0 Å². The SMILES string of the molecule is O=[N+]([O-])c1ccccc1S(=O)(=O)N[C@@H](CO)Cc1ccccc1. The van der Waals surface area contributed by atoms with E-state index in [9.17, 15) is 23.6 Å². The Hall–Kier alpha value is -2.29. The highest BCUT2D eigenvalue weighted by Crippen LogP contribution is 2.23. The number of aliphatic hydroxyl groups is 1. The molecule has 1 atom stereocenters. The first-order valence-corrected chi connectivity index (χ1v) is 8.33. The summed E-state index contributed by atoms with van der Waals surface area (Å²) in [5.74, 6) is 0. The Kier molecular flexibility index (Phi) is 5.43. The van der Waals surface area contributed by atoms with Gasteiger partial charge in [-0.3, -0.25) is 10.1 Å². The van der Waals surface area contributed by atoms with Gasteiger partial charge < -0.3 is 5.11 Å². The minimum atomic E-state index is -4.12. The molecular formula is C15H16N2O5S. The van der Waals surface area contributed by atoms with E-state index in [-0.39, 0.29) is 6.42 Å². The summed E-state index contributed by atoms with van der Waals surface area (Å²) in [4.78, 5) is 9.81. The number of para-hydroxylation sites is 1. The first kappa shape index (κ1) is 17.1. The number of nitrogens with zero attached hydrogens (tertiary/aromatic N) is 1. The summed E-state index contributed by atoms with van der Waals surface area (Å²) in [5.41, 5.74) is 0.341. The maximum Gasteiger partial charge on any atom is 0.289 e. The van der Waals surface area contributed by atoms with Gasteiger partial charge in [0, 0.05) is 12.1 Å². The minimum Gasteiger partial charge on any atom is -0.395 e. The van der Waals surface area contributed by atoms with Gasteiger partial charge in [-0.15, -0.1) is 0 Å². The molecule has 0 spiro atoms. The quantitative estimate of drug-likeness (QED) is 0.588. The van der Waals surface area contributed by atoms with E-state index in [1.54, 1.807) is 12.1 Å². The number of nitrogens with one attached hydrogen (secondary N) is 1. The van der Waals surface area contributed by atoms with Crippen LogP contribution in [0.25, 0.3) is 0 Å². The molecule has 0 aliphatic heterocycles. The molecule has 2 rings (SSSR count). The summed E-state index contributed by atoms with van der Waals surface area (Å²) >= 11 is 0. The van der Waals surface area contributed by atoms with Crippen molar-refractivity contribution in [2.75, 3.05) is 6.61 Å². The van der Waals surface area contributed by atoms with Crippen molar-refractivity contribution in [2.45, 2.75) is 17.4 Å². The van der Waals surface area contributed by atoms with Gasteiger partial charge in [-0.05, 0) is 18.1 Å². The van der Waals surface area contributed by atoms with Gasteiger partial charge in [-0.25, -0.2) is 13.1 Å². The maximum absolute atomic E-state index is 12.4. The molecule has 0 aromatic heterocycles. The monoisotopic (exact) mass is 336 g/mol. The summed E-state index contributed by atoms with van der Waals surface area (Å²) < 4.78 is 27.1. The third-order valence-electron chi connectivity index (χ3n) is 3.22. The molecule has 0 saturated heterocycles. The lowest BCUT2D eigenvalue weighted by Crippen LogP contribution is -2.39. The van der Waals surface area contributed by atoms with Crippen molar-refractivity contribution in [1.82, 2.24) is 4.72 Å². The van der Waals surface area contributed by atoms with Crippen LogP contribution in [0.4, 0.5) is 5.69 Å². The van der Waals surface area contributed by atoms with Crippen LogP contribution in [-0.2, 0) is 16.4 Å². The molecule has 0 fully saturated rings. The van der Waals surface area contributed by atoms with Crippen molar-refractivity contribution >= 4 is 15.7 Å². The largest absolute Gasteiger partial charge is 0.395 e. The first-order chi connectivity index (χ1) is 10.9. The average Bonchev–Trinajstić information content (AvgIpc) is 2.55. The third-order valence-corrected chi connectivity index (χ3v) is 4.79. The van der Waals surface area contributed by atoms with Gasteiger partial charge in [-0.1, -0.05) is 42.5 Å². The number of hydrogen-bond acceptors (Lipinski definition) is 5. The van der Waals surface area contributed by atoms with Crippen LogP contribution in [0.2, 0.25) is 0 Å². The molecule has 0 aliphatic carbocycles. The fraction of sp³-hybridized carbons (Fsp3) is 0.200. The number of benzene rings is 2. The van der Waals surface area contributed by atoms with Crippen molar-refractivity contribution < 1.29 is 18.4 Å². The van der Waals surface area contributed by atoms with Crippen LogP contribution in [-0.4, -0.2) is 31.1 Å². The summed E-state index contributed by atoms with van der Waals surface area (Å²) in [5, 5.41) is 20.4. The van der Waals surface area contributed by atoms with Crippen LogP contribution in [0.3, 0.4) is 0 Å². The Morgan fingerprint density at radius 3 is 2.30 bits per heavy atom. The van der Waals surface area contributed by atoms with E-state index < -0.39 is 38.2 Å². The van der Waals surface area contributed by atoms with Crippen LogP contribution in [0, 0.1) is 10.1 Å². The molecule has 0 amide bonds. The van der Waals surface area contributed by atoms with Crippen LogP contribution < -0.4 is 4.72 Å². The normalized spacial score (nSPS) is 12.7. The summed E-state index contributed by atoms with van der Waals surface area (Å²) in [6.45, 7) is -0.422. The van der Waals surface area contributed by atoms with Crippen molar-refractivity contribution in [3.63, 3.8) is 0 Å². The van der Waals surface area contributed by atoms with E-state index in [2.05, 4.69) is 4.72 Å². The lowest BCUT2D eigenvalue weighted by Gasteiger charge is -2.16. The highest BCUT2D eigenvalue weighted by Gasteiger charge is 2.27. The van der Waals surface area contributed by atoms with Gasteiger partial charge >= 0.3 is 0 Å². The van der Waals surface area contributed by atoms with Crippen molar-refractivity contribution in [3.8, 4) is 0 Å². The highest BCUT2D eigenvalue weighted by molar-refractivity contribution is 7.89. The number of sulfonamides is 1. The minimum absolute atomic E-state index is 0.275. The second-order valence-corrected chi connectivity index (χ2v) is 6.60. The van der Waals surface area contributed by atoms with Crippen molar-refractivity contribution in [3.05, 3.63) is 70.3 Å². The molecule has 2 N–H and O–H groups in total. The number of aliphatic hydroxyl groups excluding tert-OH is 1. The number of nitro benzene ring substituents is 1. The molecule has 2 aromatic carbocycles. The maximum atomic E-state index is 12.4. The molecule has 122 valence electrons. The highest BCUT2D eigenvalue weighted by atomic mass is 32.2. The summed E-state index contributed by atoms with van der Waals surface area (Å²) in [6, 6.07) is 13.4. The van der Waals surface area contributed by atoms with Crippen LogP contribution in [0.5, 0.6) is 0 Å². The van der Waals surface area contributed by atoms with Gasteiger partial charge in [0.15, 0.2) is 4.90 Å². The number of hydrogen-bond donors (Lipinski definition) is 2. The Morgan fingerprint density at radius 1 is 1.09 bits per heavy atom. The first-order valence-electron chi connectivity index (χ1n) is 6.84. The summed E-state index contributed by atoms with van der Waals surface area (Å²) in [6.07, 6.45) is 0.275. The lowest BCUT2D eigenvalue weighted by molar-refractivity contribution is -0.387. The van der Waals surface area contributed by atoms with E-state index in [1.807, 2.05) is 18.2 Å². The second kappa shape index (κ2) is 7.32. The molecule has 0 saturated carbocycles. The van der Waals surface area contributed by atoms with Crippen LogP contribution in [0.1, 0.15) is 5.56 Å². The standard InChI is InChI=1S/C15H16N2O5S/c18-11-13(10-12-6-2-1-3-7-12)16-23(21,22)15-9-5-4-8-14(15)17(19)20/h1-9,13,16,18H,10-11H2/t13-/m1/s1. The number of nitro groups is 1. The van der Waals surface area contributed by atoms with E-state index in [0.717, 1.165) is 17.7 Å². The van der Waals surface area contributed by atoms with E-state index >= 15 is 0 Å². The molecular weight excluding hydrogens is 320 g/mol. The molecule has 2 aromatic rings. The predicted octanol–water partition coefficient (Wildman–Crippen LogP) is 1.48. The zero-order valence-corrected chi connectivity index (χ0v) is 12.9. The molecule has 0 heterocycles. The molecule has 7 nitrogen and oxygen atoms in total. The molecule has 0 aliphatic rings. The van der Waals surface area contributed by atoms with Crippen LogP contribution >= 0.6 is 0 Å². The van der Waals surface area contributed by atoms with Gasteiger partial charge in [0.1, 0.15) is 0 Å². The van der Waals surface area contributed by atoms with E-state index in [4.69, 9.17) is 0 Å². The molecule has 8 heteroatoms. The fourth-order valence-corrected chi connectivity index (χ4v) is 3.56. The van der Waals surface area contributed by atoms with Gasteiger partial charge in [0.05, 0.1) is 11.5 Å². The fourth-order valence-electron chi connectivity index (χ4n) is 2.16. The smallest absolute Gasteiger partial charge is 0.289 e. The Bertz CT molecular complexity index is 777. The zero-order chi connectivity index (χ0) is 16.9. The lowest BCUT2D eigenvalue weighted by atomic mass is 10.1. The third kappa shape index (κ3) is 4.35. The molecule has 0 bridgehead atoms. The van der Waals surface area contributed by atoms with E-state index in [1.165, 1.54) is 12.1 Å². The van der Waals surface area contributed by atoms with Gasteiger partial charge in [0.2, 0.25) is 10.0 Å². The van der Waals surface area contributed by atoms with Crippen LogP contribution in [0.15, 0.2) is 59.5 Å². The topological polar surface area (TPSA) is 110 Å². The molecule has 0 unspecified atom stereocenters. The predicted molar refractivity (Wildman–Crippen MR) is 84.4 cm³/mol. The van der Waals surface area contributed by atoms with Crippen molar-refractivity contribution in [1.29, 1.82) is 0 Å². The van der Waals surface area contributed by atoms with Gasteiger partial charge in [0.25, 0.3) is 5.69 Å². The Balaban J connectivity index is 2.24. The molecule has 0 radical (unpaired) electrons. The molecule has 23 heavy (non-hydrogen) atoms. The average molecular weight is 336 g/mol. The Labute approximate surface area is 133 Å². The second-order valence-electron chi connectivity index (χ2n) is 4.92. The van der Waals surface area contributed by atoms with Crippen molar-refractivity contribution in [2.24, 2.45) is 0 Å².